The molecule has 0 amide bonds. The highest BCUT2D eigenvalue weighted by Gasteiger charge is 2.24. The van der Waals surface area contributed by atoms with E-state index < -0.39 is 0 Å². The van der Waals surface area contributed by atoms with Gasteiger partial charge in [0, 0.05) is 47.8 Å². The molecular weight excluding hydrogens is 617 g/mol. The van der Waals surface area contributed by atoms with E-state index in [0.717, 1.165) is 73.6 Å². The van der Waals surface area contributed by atoms with E-state index in [9.17, 15) is 10.2 Å². The molecule has 0 unspecified atom stereocenters. The molecule has 0 spiro atoms. The number of rotatable bonds is 16. The van der Waals surface area contributed by atoms with E-state index in [4.69, 9.17) is 9.98 Å². The summed E-state index contributed by atoms with van der Waals surface area (Å²) < 4.78 is 4.23. The van der Waals surface area contributed by atoms with Crippen molar-refractivity contribution in [2.45, 2.75) is 130 Å². The number of aryl methyl sites for hydroxylation is 4. The maximum Gasteiger partial charge on any atom is 0.177 e. The van der Waals surface area contributed by atoms with Gasteiger partial charge in [-0.1, -0.05) is 52.4 Å². The summed E-state index contributed by atoms with van der Waals surface area (Å²) in [7, 11) is 0. The number of aliphatic imine (C=N–C) groups is 2. The highest BCUT2D eigenvalue weighted by atomic mass is 16.3. The summed E-state index contributed by atoms with van der Waals surface area (Å²) >= 11 is 0. The third kappa shape index (κ3) is 10.6. The summed E-state index contributed by atoms with van der Waals surface area (Å²) in [6.07, 6.45) is 25.2. The van der Waals surface area contributed by atoms with Crippen LogP contribution in [0.1, 0.15) is 123 Å². The minimum atomic E-state index is 0.0236. The van der Waals surface area contributed by atoms with Crippen LogP contribution in [0.4, 0.5) is 0 Å². The maximum absolute atomic E-state index is 11.5. The molecule has 2 N–H and O–H groups in total. The Bertz CT molecular complexity index is 1600. The minimum absolute atomic E-state index is 0.0236. The van der Waals surface area contributed by atoms with Crippen molar-refractivity contribution < 1.29 is 19.3 Å². The maximum atomic E-state index is 11.5. The Morgan fingerprint density at radius 1 is 0.620 bits per heavy atom. The number of phenolic OH excluding ortho intramolecular Hbond substituents is 2. The van der Waals surface area contributed by atoms with Gasteiger partial charge in [-0.2, -0.15) is 0 Å². The van der Waals surface area contributed by atoms with Crippen LogP contribution in [0, 0.1) is 13.8 Å². The van der Waals surface area contributed by atoms with Crippen LogP contribution in [-0.2, 0) is 25.9 Å². The minimum Gasteiger partial charge on any atom is -0.507 e. The smallest absolute Gasteiger partial charge is 0.177 e. The number of nitrogens with zero attached hydrogens (tertiary/aromatic N) is 4. The molecule has 1 saturated carbocycles. The van der Waals surface area contributed by atoms with Crippen LogP contribution >= 0.6 is 0 Å². The first-order valence-electron chi connectivity index (χ1n) is 19.0. The number of phenols is 2. The second kappa shape index (κ2) is 18.6. The van der Waals surface area contributed by atoms with Crippen LogP contribution in [0.2, 0.25) is 0 Å². The van der Waals surface area contributed by atoms with Crippen LogP contribution < -0.4 is 9.13 Å². The van der Waals surface area contributed by atoms with Gasteiger partial charge in [0.15, 0.2) is 37.9 Å². The third-order valence-corrected chi connectivity index (χ3v) is 10.0. The van der Waals surface area contributed by atoms with Crippen molar-refractivity contribution in [3.05, 3.63) is 118 Å². The molecule has 0 saturated heterocycles. The SMILES string of the molecule is CCCCCc1cc(C=N[C@H]2CCCC[C@@H]2N=Cc2cc(CCCCC)cc(C[n+]3ccc(C)cc3)c2O)c(O)c(C[n+]2ccc(C)cc2)c1. The van der Waals surface area contributed by atoms with Gasteiger partial charge >= 0.3 is 0 Å². The Labute approximate surface area is 300 Å². The molecule has 50 heavy (non-hydrogen) atoms. The molecule has 0 aliphatic heterocycles. The van der Waals surface area contributed by atoms with Gasteiger partial charge in [0.2, 0.25) is 0 Å². The number of hydrogen-bond donors (Lipinski definition) is 2. The van der Waals surface area contributed by atoms with Crippen LogP contribution in [-0.4, -0.2) is 34.7 Å². The number of benzene rings is 2. The van der Waals surface area contributed by atoms with Crippen molar-refractivity contribution in [3.8, 4) is 11.5 Å². The topological polar surface area (TPSA) is 72.9 Å². The molecule has 2 atom stereocenters. The van der Waals surface area contributed by atoms with Gasteiger partial charge in [0.25, 0.3) is 0 Å². The van der Waals surface area contributed by atoms with Crippen molar-refractivity contribution in [3.63, 3.8) is 0 Å². The molecule has 2 heterocycles. The van der Waals surface area contributed by atoms with E-state index in [2.05, 4.69) is 110 Å². The van der Waals surface area contributed by atoms with Gasteiger partial charge in [-0.25, -0.2) is 9.13 Å². The highest BCUT2D eigenvalue weighted by Crippen LogP contribution is 2.29. The standard InChI is InChI=1S/C44H56N4O2/c1-5-7-9-13-35-25-37(43(49)39(27-35)31-47-21-17-33(3)18-22-47)29-45-41-15-11-12-16-42(41)46-30-38-26-36(14-10-8-6-2)28-40(44(38)50)32-48-23-19-34(4)20-24-48/h17-30,41-42H,5-16,31-32H2,1-4H3/p+2/t41-,42-/m0/s1. The van der Waals surface area contributed by atoms with Gasteiger partial charge in [-0.05, 0) is 98.9 Å². The quantitative estimate of drug-likeness (QED) is 0.0709. The van der Waals surface area contributed by atoms with Gasteiger partial charge in [-0.15, -0.1) is 0 Å². The highest BCUT2D eigenvalue weighted by molar-refractivity contribution is 5.85. The van der Waals surface area contributed by atoms with Gasteiger partial charge in [-0.3, -0.25) is 9.98 Å². The largest absolute Gasteiger partial charge is 0.507 e. The molecular formula is C44H58N4O2+2. The van der Waals surface area contributed by atoms with E-state index in [-0.39, 0.29) is 12.1 Å². The monoisotopic (exact) mass is 674 g/mol. The Hall–Kier alpha value is -4.32. The van der Waals surface area contributed by atoms with Crippen LogP contribution in [0.3, 0.4) is 0 Å². The van der Waals surface area contributed by atoms with Crippen LogP contribution in [0.5, 0.6) is 11.5 Å². The molecule has 1 fully saturated rings. The Balaban J connectivity index is 1.39. The lowest BCUT2D eigenvalue weighted by atomic mass is 9.91. The predicted octanol–water partition coefficient (Wildman–Crippen LogP) is 8.70. The molecule has 6 nitrogen and oxygen atoms in total. The Morgan fingerprint density at radius 2 is 1.02 bits per heavy atom. The molecule has 2 aromatic carbocycles. The van der Waals surface area contributed by atoms with Crippen molar-refractivity contribution in [2.24, 2.45) is 9.98 Å². The first-order chi connectivity index (χ1) is 24.3. The zero-order valence-electron chi connectivity index (χ0n) is 30.8. The van der Waals surface area contributed by atoms with E-state index in [1.54, 1.807) is 0 Å². The summed E-state index contributed by atoms with van der Waals surface area (Å²) in [6, 6.07) is 17.0. The van der Waals surface area contributed by atoms with Crippen LogP contribution in [0.15, 0.2) is 83.3 Å². The molecule has 0 bridgehead atoms. The number of aromatic hydroxyl groups is 2. The summed E-state index contributed by atoms with van der Waals surface area (Å²) in [5.74, 6) is 0.612. The number of unbranched alkanes of at least 4 members (excludes halogenated alkanes) is 4. The average Bonchev–Trinajstić information content (AvgIpc) is 3.12. The lowest BCUT2D eigenvalue weighted by molar-refractivity contribution is -0.688. The fourth-order valence-electron chi connectivity index (χ4n) is 6.92. The fraction of sp³-hybridized carbons (Fsp3) is 0.455. The molecule has 5 rings (SSSR count). The molecule has 1 aliphatic carbocycles. The van der Waals surface area contributed by atoms with E-state index in [1.165, 1.54) is 47.9 Å². The number of aromatic nitrogens is 2. The second-order valence-corrected chi connectivity index (χ2v) is 14.4. The molecule has 4 aromatic rings. The molecule has 6 heteroatoms. The van der Waals surface area contributed by atoms with Crippen molar-refractivity contribution >= 4 is 12.4 Å². The zero-order chi connectivity index (χ0) is 35.3. The first-order valence-corrected chi connectivity index (χ1v) is 19.0. The molecule has 1 aliphatic rings. The van der Waals surface area contributed by atoms with Crippen molar-refractivity contribution in [2.75, 3.05) is 0 Å². The first kappa shape index (κ1) is 36.9. The van der Waals surface area contributed by atoms with Crippen molar-refractivity contribution in [1.82, 2.24) is 0 Å². The zero-order valence-corrected chi connectivity index (χ0v) is 30.8. The van der Waals surface area contributed by atoms with Gasteiger partial charge in [0.1, 0.15) is 11.5 Å². The number of hydrogen-bond acceptors (Lipinski definition) is 4. The van der Waals surface area contributed by atoms with Crippen LogP contribution in [0.25, 0.3) is 0 Å². The second-order valence-electron chi connectivity index (χ2n) is 14.4. The summed E-state index contributed by atoms with van der Waals surface area (Å²) in [6.45, 7) is 9.85. The fourth-order valence-corrected chi connectivity index (χ4v) is 6.92. The van der Waals surface area contributed by atoms with Gasteiger partial charge in [0.05, 0.1) is 23.2 Å². The average molecular weight is 675 g/mol. The molecule has 264 valence electrons. The number of pyridine rings is 2. The lowest BCUT2D eigenvalue weighted by Crippen LogP contribution is -2.33. The molecule has 2 aromatic heterocycles. The van der Waals surface area contributed by atoms with Gasteiger partial charge < -0.3 is 10.2 Å². The molecule has 0 radical (unpaired) electrons. The van der Waals surface area contributed by atoms with E-state index in [0.29, 0.717) is 24.6 Å². The lowest BCUT2D eigenvalue weighted by Gasteiger charge is -2.25. The van der Waals surface area contributed by atoms with E-state index >= 15 is 0 Å². The predicted molar refractivity (Wildman–Crippen MR) is 205 cm³/mol. The third-order valence-electron chi connectivity index (χ3n) is 10.0. The summed E-state index contributed by atoms with van der Waals surface area (Å²) in [5.41, 5.74) is 8.32. The normalized spacial score (nSPS) is 16.5. The van der Waals surface area contributed by atoms with Crippen molar-refractivity contribution in [1.29, 1.82) is 0 Å². The summed E-state index contributed by atoms with van der Waals surface area (Å²) in [4.78, 5) is 10.2. The Morgan fingerprint density at radius 3 is 1.40 bits per heavy atom. The summed E-state index contributed by atoms with van der Waals surface area (Å²) in [5, 5.41) is 22.9. The van der Waals surface area contributed by atoms with E-state index in [1.807, 2.05) is 12.4 Å². The Kier molecular flexibility index (Phi) is 13.8.